The molecule has 0 spiro atoms. The maximum atomic E-state index is 13.7. The van der Waals surface area contributed by atoms with Crippen molar-refractivity contribution in [3.8, 4) is 5.69 Å². The molecule has 1 N–H and O–H groups in total. The normalized spacial score (nSPS) is 38.2. The van der Waals surface area contributed by atoms with Crippen molar-refractivity contribution < 1.29 is 9.90 Å². The van der Waals surface area contributed by atoms with Gasteiger partial charge < -0.3 is 10.0 Å². The van der Waals surface area contributed by atoms with Crippen LogP contribution < -0.4 is 0 Å². The molecule has 1 aliphatic heterocycles. The number of rotatable bonds is 2. The molecule has 5 aliphatic rings. The number of para-hydroxylation sites is 1. The van der Waals surface area contributed by atoms with Crippen LogP contribution >= 0.6 is 0 Å². The van der Waals surface area contributed by atoms with Gasteiger partial charge in [0.1, 0.15) is 0 Å². The van der Waals surface area contributed by atoms with Crippen molar-refractivity contribution in [2.24, 2.45) is 17.8 Å². The van der Waals surface area contributed by atoms with Crippen LogP contribution in [0.15, 0.2) is 36.5 Å². The molecule has 29 heavy (non-hydrogen) atoms. The number of hydrogen-bond acceptors (Lipinski definition) is 3. The van der Waals surface area contributed by atoms with Gasteiger partial charge in [-0.25, -0.2) is 4.68 Å². The summed E-state index contributed by atoms with van der Waals surface area (Å²) < 4.78 is 1.96. The van der Waals surface area contributed by atoms with Crippen LogP contribution in [0.4, 0.5) is 0 Å². The Labute approximate surface area is 171 Å². The third kappa shape index (κ3) is 2.63. The molecule has 5 heteroatoms. The summed E-state index contributed by atoms with van der Waals surface area (Å²) >= 11 is 0. The van der Waals surface area contributed by atoms with Crippen molar-refractivity contribution in [1.82, 2.24) is 14.7 Å². The highest BCUT2D eigenvalue weighted by Crippen LogP contribution is 2.57. The molecule has 5 nitrogen and oxygen atoms in total. The molecule has 0 radical (unpaired) electrons. The topological polar surface area (TPSA) is 58.4 Å². The summed E-state index contributed by atoms with van der Waals surface area (Å²) in [4.78, 5) is 15.9. The number of aromatic nitrogens is 2. The van der Waals surface area contributed by atoms with Crippen molar-refractivity contribution in [2.45, 2.75) is 63.0 Å². The van der Waals surface area contributed by atoms with Crippen molar-refractivity contribution in [1.29, 1.82) is 0 Å². The molecule has 4 aliphatic carbocycles. The van der Waals surface area contributed by atoms with Gasteiger partial charge >= 0.3 is 0 Å². The third-order valence-corrected chi connectivity index (χ3v) is 8.12. The van der Waals surface area contributed by atoms with E-state index in [2.05, 4.69) is 16.9 Å². The smallest absolute Gasteiger partial charge is 0.257 e. The first-order valence-corrected chi connectivity index (χ1v) is 11.2. The van der Waals surface area contributed by atoms with Gasteiger partial charge in [0.25, 0.3) is 5.91 Å². The van der Waals surface area contributed by atoms with Gasteiger partial charge in [-0.05, 0) is 68.4 Å². The second-order valence-electron chi connectivity index (χ2n) is 10.1. The summed E-state index contributed by atoms with van der Waals surface area (Å²) in [5, 5.41) is 15.6. The lowest BCUT2D eigenvalue weighted by molar-refractivity contribution is -0.154. The van der Waals surface area contributed by atoms with Crippen molar-refractivity contribution in [2.75, 3.05) is 6.54 Å². The monoisotopic (exact) mass is 391 g/mol. The van der Waals surface area contributed by atoms with Gasteiger partial charge in [0.05, 0.1) is 28.7 Å². The Morgan fingerprint density at radius 1 is 1.10 bits per heavy atom. The fraction of sp³-hybridized carbons (Fsp3) is 0.583. The van der Waals surface area contributed by atoms with Crippen molar-refractivity contribution in [3.05, 3.63) is 47.8 Å². The summed E-state index contributed by atoms with van der Waals surface area (Å²) in [5.74, 6) is 2.00. The minimum absolute atomic E-state index is 0.149. The summed E-state index contributed by atoms with van der Waals surface area (Å²) in [7, 11) is 0. The fourth-order valence-corrected chi connectivity index (χ4v) is 7.25. The Hall–Kier alpha value is -2.14. The quantitative estimate of drug-likeness (QED) is 0.848. The lowest BCUT2D eigenvalue weighted by atomic mass is 9.52. The molecule has 4 unspecified atom stereocenters. The molecule has 2 aromatic rings. The number of benzene rings is 1. The van der Waals surface area contributed by atoms with E-state index in [0.717, 1.165) is 49.2 Å². The first kappa shape index (κ1) is 17.7. The average Bonchev–Trinajstić information content (AvgIpc) is 3.09. The molecule has 7 rings (SSSR count). The van der Waals surface area contributed by atoms with E-state index in [1.54, 1.807) is 6.20 Å². The van der Waals surface area contributed by atoms with Crippen LogP contribution in [0.25, 0.3) is 5.69 Å². The Balaban J connectivity index is 1.37. The largest absolute Gasteiger partial charge is 0.390 e. The van der Waals surface area contributed by atoms with Crippen LogP contribution in [0.3, 0.4) is 0 Å². The predicted molar refractivity (Wildman–Crippen MR) is 110 cm³/mol. The second kappa shape index (κ2) is 6.18. The number of carbonyl (C=O) groups is 1. The van der Waals surface area contributed by atoms with Crippen LogP contribution in [0, 0.1) is 17.8 Å². The van der Waals surface area contributed by atoms with Gasteiger partial charge in [-0.2, -0.15) is 5.10 Å². The third-order valence-electron chi connectivity index (χ3n) is 8.12. The molecule has 4 saturated carbocycles. The lowest BCUT2D eigenvalue weighted by Gasteiger charge is -2.60. The predicted octanol–water partition coefficient (Wildman–Crippen LogP) is 3.76. The molecule has 1 amide bonds. The number of amides is 1. The first-order chi connectivity index (χ1) is 14.0. The SMILES string of the molecule is CC1CCN(C2[C@@H]3CC4C[C@H]2CC(O)(C4)C3)C(=O)c2cnn(-c3ccccc3)c21. The standard InChI is InChI=1S/C24H29N3O2/c1-15-7-8-26(22-17-9-16-10-18(22)13-24(29,11-16)12-17)23(28)20-14-25-27(21(15)20)19-5-3-2-4-6-19/h2-6,14-18,22,29H,7-13H2,1H3/t15?,16?,17-,18+,22?,24?. The van der Waals surface area contributed by atoms with Gasteiger partial charge in [0.15, 0.2) is 0 Å². The highest BCUT2D eigenvalue weighted by Gasteiger charge is 2.57. The number of hydrogen-bond donors (Lipinski definition) is 1. The van der Waals surface area contributed by atoms with Crippen molar-refractivity contribution >= 4 is 5.91 Å². The number of aliphatic hydroxyl groups is 1. The van der Waals surface area contributed by atoms with Gasteiger partial charge in [0.2, 0.25) is 0 Å². The van der Waals surface area contributed by atoms with E-state index in [1.807, 2.05) is 35.0 Å². The van der Waals surface area contributed by atoms with Gasteiger partial charge in [-0.1, -0.05) is 25.1 Å². The molecule has 1 aromatic carbocycles. The van der Waals surface area contributed by atoms with E-state index in [1.165, 1.54) is 12.8 Å². The summed E-state index contributed by atoms with van der Waals surface area (Å²) in [6.07, 6.45) is 7.83. The van der Waals surface area contributed by atoms with Crippen LogP contribution in [-0.2, 0) is 0 Å². The second-order valence-corrected chi connectivity index (χ2v) is 10.1. The Bertz CT molecular complexity index is 936. The van der Waals surface area contributed by atoms with Gasteiger partial charge in [0, 0.05) is 18.5 Å². The molecule has 4 fully saturated rings. The number of nitrogens with zero attached hydrogens (tertiary/aromatic N) is 3. The van der Waals surface area contributed by atoms with Crippen LogP contribution in [-0.4, -0.2) is 43.9 Å². The first-order valence-electron chi connectivity index (χ1n) is 11.2. The zero-order valence-electron chi connectivity index (χ0n) is 17.0. The zero-order valence-corrected chi connectivity index (χ0v) is 17.0. The van der Waals surface area contributed by atoms with E-state index in [-0.39, 0.29) is 17.9 Å². The van der Waals surface area contributed by atoms with Crippen molar-refractivity contribution in [3.63, 3.8) is 0 Å². The van der Waals surface area contributed by atoms with Crippen LogP contribution in [0.1, 0.15) is 67.4 Å². The summed E-state index contributed by atoms with van der Waals surface area (Å²) in [5.41, 5.74) is 2.37. The molecule has 2 heterocycles. The molecule has 1 aromatic heterocycles. The minimum Gasteiger partial charge on any atom is -0.390 e. The van der Waals surface area contributed by atoms with E-state index >= 15 is 0 Å². The Morgan fingerprint density at radius 3 is 2.52 bits per heavy atom. The van der Waals surface area contributed by atoms with Gasteiger partial charge in [-0.3, -0.25) is 4.79 Å². The van der Waals surface area contributed by atoms with E-state index in [9.17, 15) is 9.90 Å². The molecular weight excluding hydrogens is 362 g/mol. The molecule has 4 bridgehead atoms. The Morgan fingerprint density at radius 2 is 1.83 bits per heavy atom. The molecule has 152 valence electrons. The number of carbonyl (C=O) groups excluding carboxylic acids is 1. The molecule has 0 saturated heterocycles. The zero-order chi connectivity index (χ0) is 19.8. The van der Waals surface area contributed by atoms with Crippen LogP contribution in [0.5, 0.6) is 0 Å². The highest BCUT2D eigenvalue weighted by molar-refractivity contribution is 5.96. The summed E-state index contributed by atoms with van der Waals surface area (Å²) in [6, 6.07) is 10.4. The van der Waals surface area contributed by atoms with Crippen LogP contribution in [0.2, 0.25) is 0 Å². The maximum Gasteiger partial charge on any atom is 0.257 e. The minimum atomic E-state index is -0.460. The number of fused-ring (bicyclic) bond motifs is 1. The van der Waals surface area contributed by atoms with E-state index in [4.69, 9.17) is 0 Å². The van der Waals surface area contributed by atoms with E-state index < -0.39 is 5.60 Å². The Kier molecular flexibility index (Phi) is 3.77. The average molecular weight is 392 g/mol. The lowest BCUT2D eigenvalue weighted by Crippen LogP contribution is -2.62. The molecular formula is C24H29N3O2. The summed E-state index contributed by atoms with van der Waals surface area (Å²) in [6.45, 7) is 3.03. The maximum absolute atomic E-state index is 13.7. The van der Waals surface area contributed by atoms with E-state index in [0.29, 0.717) is 17.8 Å². The molecule has 6 atom stereocenters. The van der Waals surface area contributed by atoms with Gasteiger partial charge in [-0.15, -0.1) is 0 Å². The fourth-order valence-electron chi connectivity index (χ4n) is 7.25. The highest BCUT2D eigenvalue weighted by atomic mass is 16.3.